The molecule has 1 amide bonds. The number of sulfonamides is 1. The number of hydrogen-bond donors (Lipinski definition) is 0. The molecule has 1 aromatic carbocycles. The Labute approximate surface area is 249 Å². The van der Waals surface area contributed by atoms with Crippen LogP contribution in [-0.4, -0.2) is 104 Å². The van der Waals surface area contributed by atoms with E-state index in [-0.39, 0.29) is 6.09 Å². The summed E-state index contributed by atoms with van der Waals surface area (Å²) < 4.78 is 31.3. The average molecular weight is 596 g/mol. The van der Waals surface area contributed by atoms with Gasteiger partial charge in [-0.2, -0.15) is 9.57 Å². The summed E-state index contributed by atoms with van der Waals surface area (Å²) in [7, 11) is -3.28. The van der Waals surface area contributed by atoms with E-state index >= 15 is 0 Å². The number of carbonyl (C=O) groups is 1. The van der Waals surface area contributed by atoms with Crippen molar-refractivity contribution < 1.29 is 17.9 Å². The zero-order valence-corrected chi connectivity index (χ0v) is 25.9. The maximum atomic E-state index is 12.7. The Morgan fingerprint density at radius 2 is 1.55 bits per heavy atom. The van der Waals surface area contributed by atoms with Gasteiger partial charge in [-0.3, -0.25) is 4.90 Å². The predicted molar refractivity (Wildman–Crippen MR) is 162 cm³/mol. The lowest BCUT2D eigenvalue weighted by molar-refractivity contribution is 0.0240. The Bertz CT molecular complexity index is 1440. The van der Waals surface area contributed by atoms with Crippen LogP contribution in [0.15, 0.2) is 30.3 Å². The lowest BCUT2D eigenvalue weighted by Gasteiger charge is -2.40. The molecular weight excluding hydrogens is 554 g/mol. The van der Waals surface area contributed by atoms with Gasteiger partial charge >= 0.3 is 6.09 Å². The van der Waals surface area contributed by atoms with E-state index in [1.54, 1.807) is 4.90 Å². The van der Waals surface area contributed by atoms with Gasteiger partial charge in [0.2, 0.25) is 10.0 Å². The van der Waals surface area contributed by atoms with Crippen molar-refractivity contribution in [2.45, 2.75) is 45.9 Å². The molecule has 1 aromatic heterocycles. The molecule has 0 N–H and O–H groups in total. The van der Waals surface area contributed by atoms with Gasteiger partial charge in [-0.15, -0.1) is 0 Å². The number of aromatic nitrogens is 1. The van der Waals surface area contributed by atoms with E-state index in [1.807, 2.05) is 39.0 Å². The largest absolute Gasteiger partial charge is 0.444 e. The van der Waals surface area contributed by atoms with Crippen LogP contribution in [0.1, 0.15) is 43.0 Å². The van der Waals surface area contributed by atoms with Crippen LogP contribution in [0, 0.1) is 11.3 Å². The van der Waals surface area contributed by atoms with Crippen molar-refractivity contribution >= 4 is 27.8 Å². The van der Waals surface area contributed by atoms with Crippen LogP contribution >= 0.6 is 0 Å². The summed E-state index contributed by atoms with van der Waals surface area (Å²) in [5, 5.41) is 10.4. The normalized spacial score (nSPS) is 18.9. The molecule has 0 unspecified atom stereocenters. The molecule has 2 aromatic rings. The van der Waals surface area contributed by atoms with Gasteiger partial charge < -0.3 is 19.4 Å². The highest BCUT2D eigenvalue weighted by atomic mass is 32.2. The van der Waals surface area contributed by atoms with Gasteiger partial charge in [-0.05, 0) is 38.3 Å². The molecule has 4 heterocycles. The van der Waals surface area contributed by atoms with Crippen LogP contribution in [-0.2, 0) is 34.3 Å². The van der Waals surface area contributed by atoms with E-state index in [0.717, 1.165) is 36.5 Å². The number of ether oxygens (including phenoxy) is 1. The SMILES string of the molecule is CC(C)(C)OC(=O)N1CCN(c2nc(N3CCN(S(C)(=O)=O)CC3)c(C#N)c3c2CCN(Cc2ccccc2)C3)CC1. The van der Waals surface area contributed by atoms with Crippen LogP contribution in [0.5, 0.6) is 0 Å². The highest BCUT2D eigenvalue weighted by Gasteiger charge is 2.34. The minimum absolute atomic E-state index is 0.307. The highest BCUT2D eigenvalue weighted by molar-refractivity contribution is 7.88. The number of carbonyl (C=O) groups excluding carboxylic acids is 1. The fourth-order valence-corrected chi connectivity index (χ4v) is 6.72. The van der Waals surface area contributed by atoms with Gasteiger partial charge in [0.1, 0.15) is 23.3 Å². The first-order chi connectivity index (χ1) is 19.9. The number of piperazine rings is 2. The highest BCUT2D eigenvalue weighted by Crippen LogP contribution is 2.36. The molecular formula is C30H41N7O4S. The number of hydrogen-bond acceptors (Lipinski definition) is 9. The second kappa shape index (κ2) is 12.1. The molecule has 12 heteroatoms. The van der Waals surface area contributed by atoms with E-state index < -0.39 is 15.6 Å². The third-order valence-corrected chi connectivity index (χ3v) is 9.33. The molecule has 3 aliphatic heterocycles. The predicted octanol–water partition coefficient (Wildman–Crippen LogP) is 2.65. The van der Waals surface area contributed by atoms with Crippen molar-refractivity contribution in [3.63, 3.8) is 0 Å². The number of benzene rings is 1. The van der Waals surface area contributed by atoms with Crippen molar-refractivity contribution in [2.75, 3.05) is 75.0 Å². The van der Waals surface area contributed by atoms with Crippen molar-refractivity contribution in [1.82, 2.24) is 19.1 Å². The number of nitrogens with zero attached hydrogens (tertiary/aromatic N) is 7. The second-order valence-electron chi connectivity index (χ2n) is 12.3. The number of fused-ring (bicyclic) bond motifs is 1. The molecule has 0 bridgehead atoms. The summed E-state index contributed by atoms with van der Waals surface area (Å²) in [5.74, 6) is 1.49. The molecule has 5 rings (SSSR count). The number of rotatable bonds is 5. The Kier molecular flexibility index (Phi) is 8.64. The van der Waals surface area contributed by atoms with Crippen LogP contribution in [0.3, 0.4) is 0 Å². The summed E-state index contributed by atoms with van der Waals surface area (Å²) in [6.07, 6.45) is 1.70. The molecule has 11 nitrogen and oxygen atoms in total. The van der Waals surface area contributed by atoms with E-state index in [2.05, 4.69) is 32.9 Å². The smallest absolute Gasteiger partial charge is 0.410 e. The Balaban J connectivity index is 1.44. The molecule has 0 spiro atoms. The maximum absolute atomic E-state index is 12.7. The fraction of sp³-hybridized carbons (Fsp3) is 0.567. The molecule has 0 saturated carbocycles. The van der Waals surface area contributed by atoms with Gasteiger partial charge in [0.15, 0.2) is 0 Å². The van der Waals surface area contributed by atoms with E-state index in [1.165, 1.54) is 16.1 Å². The summed E-state index contributed by atoms with van der Waals surface area (Å²) >= 11 is 0. The number of pyridine rings is 1. The Hall–Kier alpha value is -3.40. The zero-order chi connectivity index (χ0) is 30.1. The van der Waals surface area contributed by atoms with Gasteiger partial charge in [-0.25, -0.2) is 18.2 Å². The zero-order valence-electron chi connectivity index (χ0n) is 25.0. The van der Waals surface area contributed by atoms with Crippen LogP contribution in [0.4, 0.5) is 16.4 Å². The third-order valence-electron chi connectivity index (χ3n) is 8.03. The van der Waals surface area contributed by atoms with Crippen molar-refractivity contribution in [3.8, 4) is 6.07 Å². The summed E-state index contributed by atoms with van der Waals surface area (Å²) in [5.41, 5.74) is 3.35. The molecule has 0 radical (unpaired) electrons. The minimum atomic E-state index is -3.28. The van der Waals surface area contributed by atoms with Gasteiger partial charge in [0.05, 0.1) is 11.8 Å². The molecule has 226 valence electrons. The monoisotopic (exact) mass is 595 g/mol. The summed E-state index contributed by atoms with van der Waals surface area (Å²) in [6, 6.07) is 12.8. The summed E-state index contributed by atoms with van der Waals surface area (Å²) in [4.78, 5) is 26.2. The van der Waals surface area contributed by atoms with Crippen LogP contribution in [0.2, 0.25) is 0 Å². The Morgan fingerprint density at radius 3 is 2.14 bits per heavy atom. The number of nitriles is 1. The van der Waals surface area contributed by atoms with Gasteiger partial charge in [-0.1, -0.05) is 30.3 Å². The standard InChI is InChI=1S/C30H41N7O4S/c1-30(2,3)41-29(38)36-14-12-34(13-15-36)27-24-10-11-33(21-23-8-6-5-7-9-23)22-26(24)25(20-31)28(32-27)35-16-18-37(19-17-35)42(4,39)40/h5-9H,10-19,21-22H2,1-4H3. The third kappa shape index (κ3) is 6.80. The average Bonchev–Trinajstić information content (AvgIpc) is 2.95. The Morgan fingerprint density at radius 1 is 0.929 bits per heavy atom. The topological polar surface area (TPSA) is 113 Å². The number of anilines is 2. The fourth-order valence-electron chi connectivity index (χ4n) is 5.90. The molecule has 0 aliphatic carbocycles. The van der Waals surface area contributed by atoms with Gasteiger partial charge in [0.25, 0.3) is 0 Å². The molecule has 3 aliphatic rings. The van der Waals surface area contributed by atoms with Crippen LogP contribution < -0.4 is 9.80 Å². The molecule has 0 atom stereocenters. The van der Waals surface area contributed by atoms with Gasteiger partial charge in [0, 0.05) is 77.6 Å². The first kappa shape index (κ1) is 30.1. The lowest BCUT2D eigenvalue weighted by Crippen LogP contribution is -2.51. The van der Waals surface area contributed by atoms with E-state index in [0.29, 0.717) is 70.3 Å². The minimum Gasteiger partial charge on any atom is -0.444 e. The van der Waals surface area contributed by atoms with Crippen molar-refractivity contribution in [3.05, 3.63) is 52.6 Å². The molecule has 42 heavy (non-hydrogen) atoms. The van der Waals surface area contributed by atoms with Crippen molar-refractivity contribution in [1.29, 1.82) is 5.26 Å². The quantitative estimate of drug-likeness (QED) is 0.515. The maximum Gasteiger partial charge on any atom is 0.410 e. The van der Waals surface area contributed by atoms with Crippen LogP contribution in [0.25, 0.3) is 0 Å². The van der Waals surface area contributed by atoms with E-state index in [4.69, 9.17) is 9.72 Å². The summed E-state index contributed by atoms with van der Waals surface area (Å²) in [6.45, 7) is 11.8. The molecule has 2 fully saturated rings. The second-order valence-corrected chi connectivity index (χ2v) is 14.2. The lowest BCUT2D eigenvalue weighted by atomic mass is 9.94. The number of amides is 1. The van der Waals surface area contributed by atoms with E-state index in [9.17, 15) is 18.5 Å². The first-order valence-electron chi connectivity index (χ1n) is 14.6. The molecule has 2 saturated heterocycles. The van der Waals surface area contributed by atoms with Crippen molar-refractivity contribution in [2.24, 2.45) is 0 Å². The first-order valence-corrected chi connectivity index (χ1v) is 16.4.